The number of nitrogens with two attached hydrogens (primary N) is 1. The number of hydrogen-bond acceptors (Lipinski definition) is 6. The molecule has 0 bridgehead atoms. The number of carbonyl (C=O) groups excluding carboxylic acids is 1. The first-order chi connectivity index (χ1) is 11.4. The molecule has 0 saturated carbocycles. The minimum absolute atomic E-state index is 0.157. The monoisotopic (exact) mass is 348 g/mol. The fourth-order valence-corrected chi connectivity index (χ4v) is 2.43. The Morgan fingerprint density at radius 2 is 2.08 bits per heavy atom. The number of nitrogen functional groups attached to an aromatic ring is 1. The number of nitrogens with one attached hydrogen (secondary N) is 2. The van der Waals surface area contributed by atoms with Gasteiger partial charge in [-0.15, -0.1) is 0 Å². The Morgan fingerprint density at radius 3 is 2.71 bits per heavy atom. The van der Waals surface area contributed by atoms with Crippen molar-refractivity contribution in [2.75, 3.05) is 22.9 Å². The van der Waals surface area contributed by atoms with E-state index in [2.05, 4.69) is 39.4 Å². The van der Waals surface area contributed by atoms with Crippen LogP contribution >= 0.6 is 11.6 Å². The normalized spacial score (nSPS) is 10.7. The molecule has 0 unspecified atom stereocenters. The number of rotatable bonds is 6. The molecule has 0 radical (unpaired) electrons. The highest BCUT2D eigenvalue weighted by Gasteiger charge is 2.17. The number of anilines is 3. The van der Waals surface area contributed by atoms with Gasteiger partial charge in [-0.3, -0.25) is 9.78 Å². The molecule has 2 aromatic heterocycles. The summed E-state index contributed by atoms with van der Waals surface area (Å²) in [4.78, 5) is 24.2. The van der Waals surface area contributed by atoms with Crippen molar-refractivity contribution in [2.24, 2.45) is 5.92 Å². The lowest BCUT2D eigenvalue weighted by Crippen LogP contribution is -2.17. The number of hydrogen-bond donors (Lipinski definition) is 3. The molecule has 0 aliphatic carbocycles. The first-order valence-electron chi connectivity index (χ1n) is 7.67. The lowest BCUT2D eigenvalue weighted by Gasteiger charge is -2.17. The molecule has 2 rings (SSSR count). The van der Waals surface area contributed by atoms with Crippen molar-refractivity contribution < 1.29 is 4.79 Å². The van der Waals surface area contributed by atoms with Crippen molar-refractivity contribution in [1.82, 2.24) is 15.0 Å². The molecule has 0 aliphatic rings. The first-order valence-corrected chi connectivity index (χ1v) is 8.04. The topological polar surface area (TPSA) is 106 Å². The average Bonchev–Trinajstić information content (AvgIpc) is 2.55. The van der Waals surface area contributed by atoms with Crippen molar-refractivity contribution in [3.63, 3.8) is 0 Å². The van der Waals surface area contributed by atoms with E-state index in [4.69, 9.17) is 17.3 Å². The lowest BCUT2D eigenvalue weighted by molar-refractivity contribution is 0.102. The molecule has 0 spiro atoms. The zero-order valence-corrected chi connectivity index (χ0v) is 14.7. The number of pyridine rings is 1. The number of amides is 1. The summed E-state index contributed by atoms with van der Waals surface area (Å²) in [5.41, 5.74) is 7.93. The second-order valence-electron chi connectivity index (χ2n) is 5.82. The Kier molecular flexibility index (Phi) is 5.92. The summed E-state index contributed by atoms with van der Waals surface area (Å²) in [6, 6.07) is 0. The van der Waals surface area contributed by atoms with Crippen molar-refractivity contribution >= 4 is 34.7 Å². The number of halogens is 1. The fourth-order valence-electron chi connectivity index (χ4n) is 2.13. The third kappa shape index (κ3) is 4.32. The second-order valence-corrected chi connectivity index (χ2v) is 6.17. The highest BCUT2D eigenvalue weighted by Crippen LogP contribution is 2.33. The van der Waals surface area contributed by atoms with E-state index in [1.165, 1.54) is 18.6 Å². The summed E-state index contributed by atoms with van der Waals surface area (Å²) in [5, 5.41) is 6.28. The standard InChI is InChI=1S/C16H21ClN6O/c1-9(2)4-5-21-12-10(3)13(15(18)23-14(12)17)22-16(24)11-8-19-6-7-20-11/h6-9,21H,4-5H2,1-3H3,(H2,18,23)(H,22,24). The number of aromatic nitrogens is 3. The third-order valence-electron chi connectivity index (χ3n) is 3.49. The maximum Gasteiger partial charge on any atom is 0.275 e. The minimum atomic E-state index is -0.407. The van der Waals surface area contributed by atoms with Gasteiger partial charge in [0.05, 0.1) is 17.6 Å². The Labute approximate surface area is 146 Å². The van der Waals surface area contributed by atoms with Crippen molar-refractivity contribution in [3.8, 4) is 0 Å². The lowest BCUT2D eigenvalue weighted by atomic mass is 10.1. The van der Waals surface area contributed by atoms with Gasteiger partial charge in [-0.05, 0) is 19.3 Å². The highest BCUT2D eigenvalue weighted by atomic mass is 35.5. The van der Waals surface area contributed by atoms with E-state index in [-0.39, 0.29) is 16.7 Å². The average molecular weight is 349 g/mol. The molecular weight excluding hydrogens is 328 g/mol. The third-order valence-corrected chi connectivity index (χ3v) is 3.76. The summed E-state index contributed by atoms with van der Waals surface area (Å²) in [5.74, 6) is 0.313. The highest BCUT2D eigenvalue weighted by molar-refractivity contribution is 6.32. The molecule has 4 N–H and O–H groups in total. The van der Waals surface area contributed by atoms with Gasteiger partial charge < -0.3 is 16.4 Å². The van der Waals surface area contributed by atoms with Crippen LogP contribution in [0, 0.1) is 12.8 Å². The van der Waals surface area contributed by atoms with E-state index in [0.29, 0.717) is 17.3 Å². The van der Waals surface area contributed by atoms with Gasteiger partial charge in [0.15, 0.2) is 5.15 Å². The zero-order valence-electron chi connectivity index (χ0n) is 13.9. The Balaban J connectivity index is 2.24. The van der Waals surface area contributed by atoms with Crippen molar-refractivity contribution in [3.05, 3.63) is 35.0 Å². The van der Waals surface area contributed by atoms with Gasteiger partial charge >= 0.3 is 0 Å². The minimum Gasteiger partial charge on any atom is -0.382 e. The molecule has 0 atom stereocenters. The molecule has 24 heavy (non-hydrogen) atoms. The molecule has 0 aliphatic heterocycles. The summed E-state index contributed by atoms with van der Waals surface area (Å²) in [7, 11) is 0. The van der Waals surface area contributed by atoms with Crippen LogP contribution < -0.4 is 16.4 Å². The molecule has 0 fully saturated rings. The van der Waals surface area contributed by atoms with E-state index in [9.17, 15) is 4.79 Å². The molecule has 0 aromatic carbocycles. The number of carbonyl (C=O) groups is 1. The van der Waals surface area contributed by atoms with Gasteiger partial charge in [0.1, 0.15) is 11.5 Å². The van der Waals surface area contributed by atoms with Crippen LogP contribution in [0.15, 0.2) is 18.6 Å². The molecule has 0 saturated heterocycles. The van der Waals surface area contributed by atoms with Crippen LogP contribution in [0.1, 0.15) is 36.3 Å². The van der Waals surface area contributed by atoms with Gasteiger partial charge in [-0.2, -0.15) is 0 Å². The fraction of sp³-hybridized carbons (Fsp3) is 0.375. The summed E-state index contributed by atoms with van der Waals surface area (Å²) >= 11 is 6.19. The molecule has 8 heteroatoms. The van der Waals surface area contributed by atoms with Crippen molar-refractivity contribution in [2.45, 2.75) is 27.2 Å². The van der Waals surface area contributed by atoms with Gasteiger partial charge in [-0.1, -0.05) is 25.4 Å². The molecule has 128 valence electrons. The number of nitrogens with zero attached hydrogens (tertiary/aromatic N) is 3. The van der Waals surface area contributed by atoms with E-state index < -0.39 is 5.91 Å². The maximum absolute atomic E-state index is 12.3. The van der Waals surface area contributed by atoms with Crippen LogP contribution in [0.5, 0.6) is 0 Å². The molecule has 1 amide bonds. The van der Waals surface area contributed by atoms with Gasteiger partial charge in [0, 0.05) is 24.5 Å². The Morgan fingerprint density at radius 1 is 1.33 bits per heavy atom. The summed E-state index contributed by atoms with van der Waals surface area (Å²) in [6.07, 6.45) is 5.31. The van der Waals surface area contributed by atoms with E-state index in [1.807, 2.05) is 6.92 Å². The second kappa shape index (κ2) is 7.92. The quantitative estimate of drug-likeness (QED) is 0.692. The molecule has 7 nitrogen and oxygen atoms in total. The first kappa shape index (κ1) is 17.9. The maximum atomic E-state index is 12.3. The van der Waals surface area contributed by atoms with Crippen LogP contribution in [0.3, 0.4) is 0 Å². The molecule has 2 aromatic rings. The van der Waals surface area contributed by atoms with E-state index in [0.717, 1.165) is 18.5 Å². The Bertz CT molecular complexity index is 720. The molecule has 2 heterocycles. The summed E-state index contributed by atoms with van der Waals surface area (Å²) < 4.78 is 0. The van der Waals surface area contributed by atoms with Gasteiger partial charge in [0.25, 0.3) is 5.91 Å². The molecular formula is C16H21ClN6O. The van der Waals surface area contributed by atoms with Gasteiger partial charge in [-0.25, -0.2) is 9.97 Å². The summed E-state index contributed by atoms with van der Waals surface area (Å²) in [6.45, 7) is 6.86. The van der Waals surface area contributed by atoms with E-state index >= 15 is 0 Å². The van der Waals surface area contributed by atoms with Crippen LogP contribution in [0.25, 0.3) is 0 Å². The van der Waals surface area contributed by atoms with Crippen molar-refractivity contribution in [1.29, 1.82) is 0 Å². The van der Waals surface area contributed by atoms with Crippen LogP contribution in [0.2, 0.25) is 5.15 Å². The smallest absolute Gasteiger partial charge is 0.275 e. The predicted molar refractivity (Wildman–Crippen MR) is 96.3 cm³/mol. The predicted octanol–water partition coefficient (Wildman–Crippen LogP) is 3.13. The van der Waals surface area contributed by atoms with Crippen LogP contribution in [-0.2, 0) is 0 Å². The van der Waals surface area contributed by atoms with Crippen LogP contribution in [0.4, 0.5) is 17.2 Å². The largest absolute Gasteiger partial charge is 0.382 e. The zero-order chi connectivity index (χ0) is 17.7. The SMILES string of the molecule is Cc1c(NC(=O)c2cnccn2)c(N)nc(Cl)c1NCCC(C)C. The van der Waals surface area contributed by atoms with Gasteiger partial charge in [0.2, 0.25) is 0 Å². The van der Waals surface area contributed by atoms with Crippen LogP contribution in [-0.4, -0.2) is 27.4 Å². The Hall–Kier alpha value is -2.41. The van der Waals surface area contributed by atoms with E-state index in [1.54, 1.807) is 0 Å².